The first-order valence-corrected chi connectivity index (χ1v) is 10.4. The summed E-state index contributed by atoms with van der Waals surface area (Å²) < 4.78 is 6.70. The predicted molar refractivity (Wildman–Crippen MR) is 118 cm³/mol. The van der Waals surface area contributed by atoms with Crippen LogP contribution in [-0.2, 0) is 4.74 Å². The summed E-state index contributed by atoms with van der Waals surface area (Å²) in [5.41, 5.74) is 4.30. The molecule has 0 bridgehead atoms. The Morgan fingerprint density at radius 3 is 2.80 bits per heavy atom. The van der Waals surface area contributed by atoms with Crippen LogP contribution in [0.2, 0.25) is 0 Å². The van der Waals surface area contributed by atoms with E-state index in [4.69, 9.17) is 4.74 Å². The summed E-state index contributed by atoms with van der Waals surface area (Å²) in [6.45, 7) is 2.29. The van der Waals surface area contributed by atoms with Crippen molar-refractivity contribution in [2.75, 3.05) is 19.7 Å². The molecule has 30 heavy (non-hydrogen) atoms. The molecule has 1 aliphatic heterocycles. The largest absolute Gasteiger partial charge is 0.369 e. The number of nitrogens with one attached hydrogen (secondary N) is 2. The summed E-state index contributed by atoms with van der Waals surface area (Å²) in [7, 11) is 0. The fourth-order valence-corrected chi connectivity index (χ4v) is 4.01. The van der Waals surface area contributed by atoms with Crippen molar-refractivity contribution in [3.05, 3.63) is 75.5 Å². The number of rotatable bonds is 3. The van der Waals surface area contributed by atoms with Crippen molar-refractivity contribution >= 4 is 27.0 Å². The van der Waals surface area contributed by atoms with Crippen LogP contribution in [0.3, 0.4) is 0 Å². The Kier molecular flexibility index (Phi) is 5.12. The van der Waals surface area contributed by atoms with Gasteiger partial charge in [-0.3, -0.25) is 9.78 Å². The molecular weight excluding hydrogens is 446 g/mol. The van der Waals surface area contributed by atoms with Crippen LogP contribution in [0.25, 0.3) is 33.4 Å². The van der Waals surface area contributed by atoms with Crippen molar-refractivity contribution in [2.24, 2.45) is 0 Å². The molecule has 8 heteroatoms. The van der Waals surface area contributed by atoms with E-state index in [0.717, 1.165) is 39.9 Å². The predicted octanol–water partition coefficient (Wildman–Crippen LogP) is 3.47. The maximum absolute atomic E-state index is 12.5. The second kappa shape index (κ2) is 8.06. The minimum absolute atomic E-state index is 0.0465. The molecule has 1 atom stereocenters. The standard InChI is InChI=1S/C22H18BrN5O2/c23-15-3-1-2-13(8-15)16-9-18(28-21-20(16)22(29)27-12-26-21)14-4-5-17(25-10-14)19-11-24-6-7-30-19/h1-5,8-10,12,19,24H,6-7,11H2,(H,26,27,28,29). The summed E-state index contributed by atoms with van der Waals surface area (Å²) in [5, 5.41) is 3.78. The first-order valence-electron chi connectivity index (χ1n) is 9.62. The lowest BCUT2D eigenvalue weighted by Gasteiger charge is -2.23. The van der Waals surface area contributed by atoms with Gasteiger partial charge in [0.2, 0.25) is 0 Å². The molecule has 7 nitrogen and oxygen atoms in total. The highest BCUT2D eigenvalue weighted by molar-refractivity contribution is 9.10. The normalized spacial score (nSPS) is 16.6. The van der Waals surface area contributed by atoms with E-state index in [1.807, 2.05) is 42.5 Å². The molecule has 1 fully saturated rings. The molecule has 3 aromatic heterocycles. The molecule has 1 aromatic carbocycles. The number of H-pyrrole nitrogens is 1. The maximum Gasteiger partial charge on any atom is 0.260 e. The molecule has 0 amide bonds. The molecule has 1 unspecified atom stereocenters. The molecule has 5 rings (SSSR count). The van der Waals surface area contributed by atoms with Crippen LogP contribution < -0.4 is 10.9 Å². The Hall–Kier alpha value is -2.94. The minimum Gasteiger partial charge on any atom is -0.369 e. The molecule has 150 valence electrons. The van der Waals surface area contributed by atoms with Gasteiger partial charge >= 0.3 is 0 Å². The van der Waals surface area contributed by atoms with Crippen LogP contribution in [-0.4, -0.2) is 39.6 Å². The number of benzene rings is 1. The lowest BCUT2D eigenvalue weighted by atomic mass is 10.0. The van der Waals surface area contributed by atoms with Crippen LogP contribution in [0.1, 0.15) is 11.8 Å². The first-order chi connectivity index (χ1) is 14.7. The van der Waals surface area contributed by atoms with Crippen molar-refractivity contribution in [2.45, 2.75) is 6.10 Å². The average Bonchev–Trinajstić information content (AvgIpc) is 2.79. The fourth-order valence-electron chi connectivity index (χ4n) is 3.61. The van der Waals surface area contributed by atoms with E-state index in [-0.39, 0.29) is 11.7 Å². The molecule has 0 radical (unpaired) electrons. The molecular formula is C22H18BrN5O2. The monoisotopic (exact) mass is 463 g/mol. The summed E-state index contributed by atoms with van der Waals surface area (Å²) in [5.74, 6) is 0. The number of nitrogens with zero attached hydrogens (tertiary/aromatic N) is 3. The van der Waals surface area contributed by atoms with Crippen molar-refractivity contribution < 1.29 is 4.74 Å². The van der Waals surface area contributed by atoms with Gasteiger partial charge in [0.25, 0.3) is 5.56 Å². The second-order valence-corrected chi connectivity index (χ2v) is 7.95. The number of halogens is 1. The third-order valence-corrected chi connectivity index (χ3v) is 5.58. The zero-order chi connectivity index (χ0) is 20.5. The Morgan fingerprint density at radius 1 is 1.10 bits per heavy atom. The maximum atomic E-state index is 12.5. The highest BCUT2D eigenvalue weighted by Gasteiger charge is 2.18. The summed E-state index contributed by atoms with van der Waals surface area (Å²) in [6, 6.07) is 13.7. The Labute approximate surface area is 180 Å². The number of morpholine rings is 1. The van der Waals surface area contributed by atoms with Gasteiger partial charge in [-0.15, -0.1) is 0 Å². The SMILES string of the molecule is O=c1[nH]cnc2nc(-c3ccc(C4CNCCO4)nc3)cc(-c3cccc(Br)c3)c12. The number of aromatic amines is 1. The minimum atomic E-state index is -0.218. The van der Waals surface area contributed by atoms with E-state index < -0.39 is 0 Å². The van der Waals surface area contributed by atoms with Gasteiger partial charge in [0.15, 0.2) is 5.65 Å². The number of fused-ring (bicyclic) bond motifs is 1. The molecule has 0 saturated carbocycles. The molecule has 2 N–H and O–H groups in total. The quantitative estimate of drug-likeness (QED) is 0.483. The lowest BCUT2D eigenvalue weighted by molar-refractivity contribution is 0.0250. The van der Waals surface area contributed by atoms with Gasteiger partial charge in [0.05, 0.1) is 29.7 Å². The van der Waals surface area contributed by atoms with Gasteiger partial charge in [-0.1, -0.05) is 28.1 Å². The number of ether oxygens (including phenoxy) is 1. The highest BCUT2D eigenvalue weighted by Crippen LogP contribution is 2.31. The smallest absolute Gasteiger partial charge is 0.260 e. The lowest BCUT2D eigenvalue weighted by Crippen LogP contribution is -2.33. The van der Waals surface area contributed by atoms with Crippen molar-refractivity contribution in [3.63, 3.8) is 0 Å². The number of hydrogen-bond acceptors (Lipinski definition) is 6. The number of pyridine rings is 2. The second-order valence-electron chi connectivity index (χ2n) is 7.03. The molecule has 4 aromatic rings. The van der Waals surface area contributed by atoms with E-state index in [1.54, 1.807) is 6.20 Å². The topological polar surface area (TPSA) is 92.8 Å². The Balaban J connectivity index is 1.62. The molecule has 4 heterocycles. The van der Waals surface area contributed by atoms with E-state index in [9.17, 15) is 4.79 Å². The number of hydrogen-bond donors (Lipinski definition) is 2. The zero-order valence-electron chi connectivity index (χ0n) is 15.9. The fraction of sp³-hybridized carbons (Fsp3) is 0.182. The van der Waals surface area contributed by atoms with Gasteiger partial charge < -0.3 is 15.0 Å². The van der Waals surface area contributed by atoms with Gasteiger partial charge in [0.1, 0.15) is 6.10 Å². The summed E-state index contributed by atoms with van der Waals surface area (Å²) in [6.07, 6.45) is 3.12. The van der Waals surface area contributed by atoms with Gasteiger partial charge in [-0.2, -0.15) is 0 Å². The van der Waals surface area contributed by atoms with Crippen molar-refractivity contribution in [1.29, 1.82) is 0 Å². The third kappa shape index (κ3) is 3.65. The van der Waals surface area contributed by atoms with Crippen LogP contribution in [0.5, 0.6) is 0 Å². The Bertz CT molecular complexity index is 1270. The van der Waals surface area contributed by atoms with Gasteiger partial charge in [0, 0.05) is 34.9 Å². The van der Waals surface area contributed by atoms with Gasteiger partial charge in [-0.05, 0) is 35.9 Å². The van der Waals surface area contributed by atoms with E-state index in [0.29, 0.717) is 23.3 Å². The summed E-state index contributed by atoms with van der Waals surface area (Å²) >= 11 is 3.51. The van der Waals surface area contributed by atoms with Crippen molar-refractivity contribution in [1.82, 2.24) is 25.3 Å². The first kappa shape index (κ1) is 19.0. The summed E-state index contributed by atoms with van der Waals surface area (Å²) in [4.78, 5) is 28.7. The van der Waals surface area contributed by atoms with Crippen LogP contribution in [0, 0.1) is 0 Å². The van der Waals surface area contributed by atoms with Crippen LogP contribution >= 0.6 is 15.9 Å². The molecule has 0 aliphatic carbocycles. The average molecular weight is 464 g/mol. The van der Waals surface area contributed by atoms with Crippen molar-refractivity contribution in [3.8, 4) is 22.4 Å². The Morgan fingerprint density at radius 2 is 2.03 bits per heavy atom. The van der Waals surface area contributed by atoms with E-state index in [2.05, 4.69) is 41.2 Å². The van der Waals surface area contributed by atoms with Crippen LogP contribution in [0.15, 0.2) is 64.3 Å². The molecule has 1 saturated heterocycles. The van der Waals surface area contributed by atoms with Gasteiger partial charge in [-0.25, -0.2) is 9.97 Å². The highest BCUT2D eigenvalue weighted by atomic mass is 79.9. The van der Waals surface area contributed by atoms with E-state index in [1.165, 1.54) is 6.33 Å². The number of aromatic nitrogens is 4. The third-order valence-electron chi connectivity index (χ3n) is 5.09. The zero-order valence-corrected chi connectivity index (χ0v) is 17.5. The molecule has 0 spiro atoms. The molecule has 1 aliphatic rings. The van der Waals surface area contributed by atoms with E-state index >= 15 is 0 Å². The van der Waals surface area contributed by atoms with Crippen LogP contribution in [0.4, 0.5) is 0 Å².